The summed E-state index contributed by atoms with van der Waals surface area (Å²) in [5, 5.41) is 2.97. The van der Waals surface area contributed by atoms with Crippen molar-refractivity contribution >= 4 is 5.91 Å². The largest absolute Gasteiger partial charge is 0.496 e. The van der Waals surface area contributed by atoms with Gasteiger partial charge in [-0.2, -0.15) is 0 Å². The normalized spacial score (nSPS) is 21.0. The van der Waals surface area contributed by atoms with Gasteiger partial charge in [0, 0.05) is 12.1 Å². The molecule has 1 amide bonds. The van der Waals surface area contributed by atoms with E-state index in [0.717, 1.165) is 51.4 Å². The van der Waals surface area contributed by atoms with E-state index in [1.54, 1.807) is 12.0 Å². The van der Waals surface area contributed by atoms with Crippen LogP contribution >= 0.6 is 0 Å². The second-order valence-corrected chi connectivity index (χ2v) is 6.52. The molecule has 3 N–H and O–H groups in total. The summed E-state index contributed by atoms with van der Waals surface area (Å²) in [7, 11) is 1.74. The van der Waals surface area contributed by atoms with Gasteiger partial charge in [0.25, 0.3) is 5.91 Å². The Labute approximate surface area is 139 Å². The first-order chi connectivity index (χ1) is 11.1. The molecule has 1 aromatic rings. The lowest BCUT2D eigenvalue weighted by Crippen LogP contribution is -3.28. The molecule has 0 aromatic heterocycles. The first-order valence-electron chi connectivity index (χ1n) is 8.69. The van der Waals surface area contributed by atoms with Crippen LogP contribution in [-0.4, -0.2) is 52.3 Å². The van der Waals surface area contributed by atoms with Crippen LogP contribution in [-0.2, 0) is 11.3 Å². The molecule has 2 rings (SSSR count). The number of aryl methyl sites for hydroxylation is 1. The third kappa shape index (κ3) is 5.52. The molecule has 0 radical (unpaired) electrons. The highest BCUT2D eigenvalue weighted by molar-refractivity contribution is 5.76. The van der Waals surface area contributed by atoms with Crippen LogP contribution in [0.25, 0.3) is 0 Å². The van der Waals surface area contributed by atoms with E-state index >= 15 is 0 Å². The smallest absolute Gasteiger partial charge is 0.275 e. The maximum Gasteiger partial charge on any atom is 0.275 e. The maximum absolute atomic E-state index is 11.8. The zero-order chi connectivity index (χ0) is 16.7. The van der Waals surface area contributed by atoms with Crippen LogP contribution in [0.1, 0.15) is 24.5 Å². The monoisotopic (exact) mass is 321 g/mol. The minimum atomic E-state index is 0.186. The predicted octanol–water partition coefficient (Wildman–Crippen LogP) is -1.19. The summed E-state index contributed by atoms with van der Waals surface area (Å²) in [6, 6.07) is 6.38. The first-order valence-corrected chi connectivity index (χ1v) is 8.69. The van der Waals surface area contributed by atoms with Gasteiger partial charge < -0.3 is 19.9 Å². The van der Waals surface area contributed by atoms with Gasteiger partial charge in [0.2, 0.25) is 0 Å². The standard InChI is InChI=1S/C18H29N3O2/c1-4-7-19-18(22)14-21-10-8-20(9-11-21)13-16-12-15(2)5-6-17(16)23-3/h5-6,12H,4,7-11,13-14H2,1-3H3,(H,19,22)/p+2. The van der Waals surface area contributed by atoms with E-state index in [0.29, 0.717) is 6.54 Å². The molecule has 0 bridgehead atoms. The number of rotatable bonds is 7. The molecule has 5 heteroatoms. The van der Waals surface area contributed by atoms with Crippen LogP contribution in [0.5, 0.6) is 5.75 Å². The molecule has 0 spiro atoms. The summed E-state index contributed by atoms with van der Waals surface area (Å²) in [6.45, 7) is 10.9. The van der Waals surface area contributed by atoms with E-state index in [9.17, 15) is 4.79 Å². The van der Waals surface area contributed by atoms with Crippen molar-refractivity contribution in [3.05, 3.63) is 29.3 Å². The third-order valence-electron chi connectivity index (χ3n) is 4.52. The molecule has 0 atom stereocenters. The van der Waals surface area contributed by atoms with E-state index in [1.807, 2.05) is 0 Å². The zero-order valence-electron chi connectivity index (χ0n) is 14.7. The number of methoxy groups -OCH3 is 1. The SMILES string of the molecule is CCCNC(=O)C[NH+]1CC[NH+](Cc2cc(C)ccc2OC)CC1. The number of carbonyl (C=O) groups excluding carboxylic acids is 1. The van der Waals surface area contributed by atoms with Crippen molar-refractivity contribution in [3.8, 4) is 5.75 Å². The second kappa shape index (κ2) is 8.89. The summed E-state index contributed by atoms with van der Waals surface area (Å²) in [4.78, 5) is 14.8. The van der Waals surface area contributed by atoms with Crippen LogP contribution in [0.2, 0.25) is 0 Å². The Kier molecular flexibility index (Phi) is 6.86. The van der Waals surface area contributed by atoms with Gasteiger partial charge in [0.1, 0.15) is 38.5 Å². The lowest BCUT2D eigenvalue weighted by atomic mass is 10.1. The van der Waals surface area contributed by atoms with Crippen molar-refractivity contribution in [2.45, 2.75) is 26.8 Å². The molecular weight excluding hydrogens is 290 g/mol. The van der Waals surface area contributed by atoms with Crippen LogP contribution < -0.4 is 19.9 Å². The van der Waals surface area contributed by atoms with Gasteiger partial charge in [-0.3, -0.25) is 4.79 Å². The summed E-state index contributed by atoms with van der Waals surface area (Å²) < 4.78 is 5.48. The van der Waals surface area contributed by atoms with Crippen molar-refractivity contribution in [2.75, 3.05) is 46.4 Å². The molecule has 128 valence electrons. The quantitative estimate of drug-likeness (QED) is 0.592. The summed E-state index contributed by atoms with van der Waals surface area (Å²) in [5.41, 5.74) is 2.56. The molecule has 1 heterocycles. The highest BCUT2D eigenvalue weighted by Gasteiger charge is 2.25. The summed E-state index contributed by atoms with van der Waals surface area (Å²) >= 11 is 0. The highest BCUT2D eigenvalue weighted by atomic mass is 16.5. The van der Waals surface area contributed by atoms with Crippen LogP contribution in [0.4, 0.5) is 0 Å². The fourth-order valence-electron chi connectivity index (χ4n) is 3.18. The summed E-state index contributed by atoms with van der Waals surface area (Å²) in [6.07, 6.45) is 0.997. The van der Waals surface area contributed by atoms with Gasteiger partial charge in [-0.15, -0.1) is 0 Å². The first kappa shape index (κ1) is 17.8. The molecule has 1 aromatic carbocycles. The number of carbonyl (C=O) groups is 1. The van der Waals surface area contributed by atoms with Crippen LogP contribution in [0, 0.1) is 6.92 Å². The predicted molar refractivity (Wildman–Crippen MR) is 91.0 cm³/mol. The molecule has 1 saturated heterocycles. The Morgan fingerprint density at radius 1 is 1.22 bits per heavy atom. The van der Waals surface area contributed by atoms with Gasteiger partial charge in [0.15, 0.2) is 6.54 Å². The molecule has 1 aliphatic rings. The number of benzene rings is 1. The Bertz CT molecular complexity index is 511. The molecule has 0 aliphatic carbocycles. The molecule has 23 heavy (non-hydrogen) atoms. The second-order valence-electron chi connectivity index (χ2n) is 6.52. The minimum absolute atomic E-state index is 0.186. The number of nitrogens with one attached hydrogen (secondary N) is 3. The van der Waals surface area contributed by atoms with Crippen LogP contribution in [0.3, 0.4) is 0 Å². The molecular formula is C18H31N3O2+2. The highest BCUT2D eigenvalue weighted by Crippen LogP contribution is 2.18. The number of amides is 1. The van der Waals surface area contributed by atoms with Gasteiger partial charge in [-0.1, -0.05) is 18.6 Å². The Morgan fingerprint density at radius 3 is 2.57 bits per heavy atom. The van der Waals surface area contributed by atoms with Gasteiger partial charge in [-0.25, -0.2) is 0 Å². The average Bonchev–Trinajstić information content (AvgIpc) is 2.55. The fraction of sp³-hybridized carbons (Fsp3) is 0.611. The number of hydrogen-bond acceptors (Lipinski definition) is 2. The van der Waals surface area contributed by atoms with E-state index in [-0.39, 0.29) is 5.91 Å². The van der Waals surface area contributed by atoms with Crippen molar-refractivity contribution in [2.24, 2.45) is 0 Å². The Hall–Kier alpha value is -1.59. The Morgan fingerprint density at radius 2 is 1.91 bits per heavy atom. The van der Waals surface area contributed by atoms with E-state index in [2.05, 4.69) is 37.4 Å². The van der Waals surface area contributed by atoms with Gasteiger partial charge in [-0.05, 0) is 25.5 Å². The number of piperazine rings is 1. The average molecular weight is 321 g/mol. The van der Waals surface area contributed by atoms with Gasteiger partial charge >= 0.3 is 0 Å². The molecule has 0 saturated carbocycles. The van der Waals surface area contributed by atoms with Gasteiger partial charge in [0.05, 0.1) is 7.11 Å². The third-order valence-corrected chi connectivity index (χ3v) is 4.52. The molecule has 5 nitrogen and oxygen atoms in total. The van der Waals surface area contributed by atoms with E-state index in [4.69, 9.17) is 4.74 Å². The lowest BCUT2D eigenvalue weighted by molar-refractivity contribution is -1.02. The molecule has 1 fully saturated rings. The lowest BCUT2D eigenvalue weighted by Gasteiger charge is -2.29. The number of ether oxygens (including phenoxy) is 1. The fourth-order valence-corrected chi connectivity index (χ4v) is 3.18. The van der Waals surface area contributed by atoms with E-state index in [1.165, 1.54) is 16.0 Å². The maximum atomic E-state index is 11.8. The van der Waals surface area contributed by atoms with E-state index < -0.39 is 0 Å². The molecule has 1 aliphatic heterocycles. The minimum Gasteiger partial charge on any atom is -0.496 e. The van der Waals surface area contributed by atoms with Crippen molar-refractivity contribution < 1.29 is 19.3 Å². The van der Waals surface area contributed by atoms with Crippen molar-refractivity contribution in [1.29, 1.82) is 0 Å². The number of quaternary nitrogens is 2. The van der Waals surface area contributed by atoms with Crippen molar-refractivity contribution in [3.63, 3.8) is 0 Å². The zero-order valence-corrected chi connectivity index (χ0v) is 14.7. The summed E-state index contributed by atoms with van der Waals surface area (Å²) in [5.74, 6) is 1.17. The van der Waals surface area contributed by atoms with Crippen LogP contribution in [0.15, 0.2) is 18.2 Å². The molecule has 0 unspecified atom stereocenters. The topological polar surface area (TPSA) is 47.2 Å². The number of hydrogen-bond donors (Lipinski definition) is 3. The van der Waals surface area contributed by atoms with Crippen molar-refractivity contribution in [1.82, 2.24) is 5.32 Å². The Balaban J connectivity index is 1.81.